The average molecular weight is 309 g/mol. The molecular weight excluding hydrogens is 296 g/mol. The second kappa shape index (κ2) is 5.77. The van der Waals surface area contributed by atoms with E-state index >= 15 is 0 Å². The second-order valence-electron chi connectivity index (χ2n) is 3.69. The zero-order valence-corrected chi connectivity index (χ0v) is 11.5. The molecule has 0 aromatic carbocycles. The summed E-state index contributed by atoms with van der Waals surface area (Å²) in [5.41, 5.74) is 0.643. The standard InChI is InChI=1S/C12H13BrN4O/c1-2-9(13)12(18)16-10-5-3-6-14-11(10)17-8-4-7-15-17/h3-9H,2H2,1H3,(H,16,18). The molecule has 0 saturated carbocycles. The van der Waals surface area contributed by atoms with Gasteiger partial charge in [0.25, 0.3) is 0 Å². The molecular formula is C12H13BrN4O. The number of hydrogen-bond donors (Lipinski definition) is 1. The van der Waals surface area contributed by atoms with E-state index < -0.39 is 0 Å². The lowest BCUT2D eigenvalue weighted by atomic mass is 10.3. The Morgan fingerprint density at radius 3 is 3.00 bits per heavy atom. The second-order valence-corrected chi connectivity index (χ2v) is 4.80. The molecule has 2 aromatic rings. The maximum Gasteiger partial charge on any atom is 0.238 e. The van der Waals surface area contributed by atoms with Crippen molar-refractivity contribution >= 4 is 27.5 Å². The lowest BCUT2D eigenvalue weighted by Crippen LogP contribution is -2.23. The molecule has 0 aliphatic carbocycles. The van der Waals surface area contributed by atoms with Crippen LogP contribution in [-0.2, 0) is 4.79 Å². The topological polar surface area (TPSA) is 59.8 Å². The van der Waals surface area contributed by atoms with E-state index in [9.17, 15) is 4.79 Å². The summed E-state index contributed by atoms with van der Waals surface area (Å²) in [6.07, 6.45) is 5.84. The Labute approximate surface area is 113 Å². The summed E-state index contributed by atoms with van der Waals surface area (Å²) in [6.45, 7) is 1.94. The third-order valence-electron chi connectivity index (χ3n) is 2.41. The van der Waals surface area contributed by atoms with Crippen molar-refractivity contribution < 1.29 is 4.79 Å². The van der Waals surface area contributed by atoms with Crippen LogP contribution in [0.15, 0.2) is 36.8 Å². The number of hydrogen-bond acceptors (Lipinski definition) is 3. The molecule has 1 unspecified atom stereocenters. The van der Waals surface area contributed by atoms with Crippen molar-refractivity contribution in [1.82, 2.24) is 14.8 Å². The molecule has 2 heterocycles. The largest absolute Gasteiger partial charge is 0.322 e. The first-order valence-electron chi connectivity index (χ1n) is 5.62. The first-order chi connectivity index (χ1) is 8.72. The lowest BCUT2D eigenvalue weighted by Gasteiger charge is -2.11. The van der Waals surface area contributed by atoms with Crippen LogP contribution in [0.25, 0.3) is 5.82 Å². The summed E-state index contributed by atoms with van der Waals surface area (Å²) in [4.78, 5) is 15.9. The summed E-state index contributed by atoms with van der Waals surface area (Å²) >= 11 is 3.32. The van der Waals surface area contributed by atoms with Gasteiger partial charge in [0, 0.05) is 18.6 Å². The molecule has 6 heteroatoms. The number of amides is 1. The minimum absolute atomic E-state index is 0.0843. The number of nitrogens with one attached hydrogen (secondary N) is 1. The van der Waals surface area contributed by atoms with Gasteiger partial charge in [0.05, 0.1) is 10.5 Å². The highest BCUT2D eigenvalue weighted by atomic mass is 79.9. The number of rotatable bonds is 4. The highest BCUT2D eigenvalue weighted by Crippen LogP contribution is 2.17. The SMILES string of the molecule is CCC(Br)C(=O)Nc1cccnc1-n1cccn1. The summed E-state index contributed by atoms with van der Waals surface area (Å²) in [5, 5.41) is 6.95. The quantitative estimate of drug-likeness (QED) is 0.882. The van der Waals surface area contributed by atoms with Gasteiger partial charge in [-0.1, -0.05) is 22.9 Å². The van der Waals surface area contributed by atoms with Crippen LogP contribution in [0.3, 0.4) is 0 Å². The Hall–Kier alpha value is -1.69. The van der Waals surface area contributed by atoms with Gasteiger partial charge < -0.3 is 5.32 Å². The molecule has 0 fully saturated rings. The number of anilines is 1. The molecule has 1 amide bonds. The molecule has 5 nitrogen and oxygen atoms in total. The van der Waals surface area contributed by atoms with Gasteiger partial charge >= 0.3 is 0 Å². The third-order valence-corrected chi connectivity index (χ3v) is 3.47. The highest BCUT2D eigenvalue weighted by molar-refractivity contribution is 9.10. The van der Waals surface area contributed by atoms with Crippen LogP contribution in [-0.4, -0.2) is 25.5 Å². The van der Waals surface area contributed by atoms with E-state index in [2.05, 4.69) is 31.3 Å². The van der Waals surface area contributed by atoms with Gasteiger partial charge in [-0.15, -0.1) is 0 Å². The number of alkyl halides is 1. The average Bonchev–Trinajstić information content (AvgIpc) is 2.92. The molecule has 1 atom stereocenters. The number of nitrogens with zero attached hydrogens (tertiary/aromatic N) is 3. The van der Waals surface area contributed by atoms with Crippen LogP contribution >= 0.6 is 15.9 Å². The van der Waals surface area contributed by atoms with Gasteiger partial charge in [0.1, 0.15) is 0 Å². The molecule has 2 aromatic heterocycles. The van der Waals surface area contributed by atoms with Gasteiger partial charge in [0.15, 0.2) is 5.82 Å². The van der Waals surface area contributed by atoms with Crippen LogP contribution < -0.4 is 5.32 Å². The molecule has 0 aliphatic heterocycles. The zero-order valence-electron chi connectivity index (χ0n) is 9.88. The fourth-order valence-corrected chi connectivity index (χ4v) is 1.58. The van der Waals surface area contributed by atoms with Gasteiger partial charge in [0.2, 0.25) is 5.91 Å². The fraction of sp³-hybridized carbons (Fsp3) is 0.250. The molecule has 18 heavy (non-hydrogen) atoms. The number of carbonyl (C=O) groups is 1. The van der Waals surface area contributed by atoms with Crippen molar-refractivity contribution in [2.75, 3.05) is 5.32 Å². The highest BCUT2D eigenvalue weighted by Gasteiger charge is 2.15. The minimum atomic E-state index is -0.205. The van der Waals surface area contributed by atoms with Crippen molar-refractivity contribution in [2.45, 2.75) is 18.2 Å². The Morgan fingerprint density at radius 2 is 2.33 bits per heavy atom. The Kier molecular flexibility index (Phi) is 4.09. The predicted molar refractivity (Wildman–Crippen MR) is 73.0 cm³/mol. The lowest BCUT2D eigenvalue weighted by molar-refractivity contribution is -0.115. The summed E-state index contributed by atoms with van der Waals surface area (Å²) in [7, 11) is 0. The van der Waals surface area contributed by atoms with Gasteiger partial charge in [-0.05, 0) is 24.6 Å². The number of carbonyl (C=O) groups excluding carboxylic acids is 1. The van der Waals surface area contributed by atoms with E-state index in [0.717, 1.165) is 6.42 Å². The first kappa shape index (κ1) is 12.8. The zero-order chi connectivity index (χ0) is 13.0. The van der Waals surface area contributed by atoms with E-state index in [0.29, 0.717) is 11.5 Å². The van der Waals surface area contributed by atoms with E-state index in [1.54, 1.807) is 41.5 Å². The third kappa shape index (κ3) is 2.76. The molecule has 0 aliphatic rings. The van der Waals surface area contributed by atoms with Gasteiger partial charge in [-0.3, -0.25) is 4.79 Å². The smallest absolute Gasteiger partial charge is 0.238 e. The van der Waals surface area contributed by atoms with Crippen LogP contribution in [0.1, 0.15) is 13.3 Å². The molecule has 94 valence electrons. The maximum absolute atomic E-state index is 11.8. The van der Waals surface area contributed by atoms with Gasteiger partial charge in [-0.25, -0.2) is 9.67 Å². The van der Waals surface area contributed by atoms with Gasteiger partial charge in [-0.2, -0.15) is 5.10 Å². The van der Waals surface area contributed by atoms with Crippen molar-refractivity contribution in [2.24, 2.45) is 0 Å². The number of aromatic nitrogens is 3. The molecule has 2 rings (SSSR count). The number of pyridine rings is 1. The van der Waals surface area contributed by atoms with Crippen LogP contribution in [0.5, 0.6) is 0 Å². The monoisotopic (exact) mass is 308 g/mol. The molecule has 0 radical (unpaired) electrons. The normalized spacial score (nSPS) is 12.1. The van der Waals surface area contributed by atoms with Crippen LogP contribution in [0, 0.1) is 0 Å². The summed E-state index contributed by atoms with van der Waals surface area (Å²) in [5.74, 6) is 0.519. The Morgan fingerprint density at radius 1 is 1.50 bits per heavy atom. The van der Waals surface area contributed by atoms with Crippen LogP contribution in [0.2, 0.25) is 0 Å². The van der Waals surface area contributed by atoms with E-state index in [4.69, 9.17) is 0 Å². The summed E-state index contributed by atoms with van der Waals surface area (Å²) < 4.78 is 1.62. The first-order valence-corrected chi connectivity index (χ1v) is 6.54. The van der Waals surface area contributed by atoms with Crippen molar-refractivity contribution in [1.29, 1.82) is 0 Å². The van der Waals surface area contributed by atoms with Crippen LogP contribution in [0.4, 0.5) is 5.69 Å². The van der Waals surface area contributed by atoms with E-state index in [1.165, 1.54) is 0 Å². The molecule has 0 bridgehead atoms. The maximum atomic E-state index is 11.8. The predicted octanol–water partition coefficient (Wildman–Crippen LogP) is 2.38. The summed E-state index contributed by atoms with van der Waals surface area (Å²) in [6, 6.07) is 5.38. The number of halogens is 1. The Balaban J connectivity index is 2.26. The van der Waals surface area contributed by atoms with Crippen molar-refractivity contribution in [3.63, 3.8) is 0 Å². The van der Waals surface area contributed by atoms with E-state index in [-0.39, 0.29) is 10.7 Å². The molecule has 1 N–H and O–H groups in total. The fourth-order valence-electron chi connectivity index (χ4n) is 1.47. The van der Waals surface area contributed by atoms with Crippen molar-refractivity contribution in [3.05, 3.63) is 36.8 Å². The van der Waals surface area contributed by atoms with Crippen molar-refractivity contribution in [3.8, 4) is 5.82 Å². The van der Waals surface area contributed by atoms with E-state index in [1.807, 2.05) is 6.92 Å². The Bertz CT molecular complexity index is 527. The molecule has 0 saturated heterocycles. The minimum Gasteiger partial charge on any atom is -0.322 e. The molecule has 0 spiro atoms.